The van der Waals surface area contributed by atoms with E-state index in [0.29, 0.717) is 15.7 Å². The molecule has 0 amide bonds. The number of benzene rings is 1. The zero-order valence-corrected chi connectivity index (χ0v) is 9.88. The minimum Gasteiger partial charge on any atom is -0.480 e. The molecule has 0 aromatic heterocycles. The first-order valence-electron chi connectivity index (χ1n) is 4.33. The van der Waals surface area contributed by atoms with Gasteiger partial charge in [-0.05, 0) is 25.1 Å². The van der Waals surface area contributed by atoms with Gasteiger partial charge in [0.1, 0.15) is 6.04 Å². The molecule has 0 aliphatic rings. The zero-order valence-electron chi connectivity index (χ0n) is 8.37. The van der Waals surface area contributed by atoms with E-state index in [4.69, 9.17) is 28.3 Å². The lowest BCUT2D eigenvalue weighted by Gasteiger charge is -2.23. The SMILES string of the molecule is CC(C(=O)O)N(C)c1cc(Cl)cc(Cl)c1. The number of anilines is 1. The van der Waals surface area contributed by atoms with Crippen LogP contribution in [0.4, 0.5) is 5.69 Å². The number of rotatable bonds is 3. The summed E-state index contributed by atoms with van der Waals surface area (Å²) < 4.78 is 0. The van der Waals surface area contributed by atoms with Crippen molar-refractivity contribution >= 4 is 34.9 Å². The quantitative estimate of drug-likeness (QED) is 0.893. The summed E-state index contributed by atoms with van der Waals surface area (Å²) in [5.41, 5.74) is 0.683. The van der Waals surface area contributed by atoms with Crippen molar-refractivity contribution in [1.82, 2.24) is 0 Å². The van der Waals surface area contributed by atoms with Gasteiger partial charge in [-0.2, -0.15) is 0 Å². The van der Waals surface area contributed by atoms with E-state index in [0.717, 1.165) is 0 Å². The molecule has 0 aliphatic heterocycles. The van der Waals surface area contributed by atoms with Gasteiger partial charge in [0.2, 0.25) is 0 Å². The van der Waals surface area contributed by atoms with Crippen molar-refractivity contribution in [3.05, 3.63) is 28.2 Å². The van der Waals surface area contributed by atoms with E-state index in [9.17, 15) is 4.79 Å². The highest BCUT2D eigenvalue weighted by atomic mass is 35.5. The van der Waals surface area contributed by atoms with Gasteiger partial charge in [-0.3, -0.25) is 0 Å². The van der Waals surface area contributed by atoms with Crippen molar-refractivity contribution in [3.8, 4) is 0 Å². The van der Waals surface area contributed by atoms with Crippen LogP contribution in [0.25, 0.3) is 0 Å². The van der Waals surface area contributed by atoms with Crippen LogP contribution in [0.1, 0.15) is 6.92 Å². The molecular weight excluding hydrogens is 237 g/mol. The summed E-state index contributed by atoms with van der Waals surface area (Å²) in [6, 6.07) is 4.32. The predicted octanol–water partition coefficient (Wildman–Crippen LogP) is 2.90. The zero-order chi connectivity index (χ0) is 11.6. The van der Waals surface area contributed by atoms with E-state index >= 15 is 0 Å². The molecule has 15 heavy (non-hydrogen) atoms. The highest BCUT2D eigenvalue weighted by molar-refractivity contribution is 6.35. The molecule has 1 rings (SSSR count). The molecule has 0 radical (unpaired) electrons. The molecule has 1 atom stereocenters. The van der Waals surface area contributed by atoms with Gasteiger partial charge in [-0.1, -0.05) is 23.2 Å². The minimum absolute atomic E-state index is 0.488. The number of aliphatic carboxylic acids is 1. The molecule has 1 aromatic rings. The third kappa shape index (κ3) is 3.01. The number of carboxylic acids is 1. The van der Waals surface area contributed by atoms with Crippen molar-refractivity contribution in [3.63, 3.8) is 0 Å². The monoisotopic (exact) mass is 247 g/mol. The first-order valence-corrected chi connectivity index (χ1v) is 5.09. The maximum absolute atomic E-state index is 10.8. The van der Waals surface area contributed by atoms with E-state index in [1.807, 2.05) is 0 Å². The molecule has 3 nitrogen and oxygen atoms in total. The molecule has 1 N–H and O–H groups in total. The lowest BCUT2D eigenvalue weighted by molar-refractivity contribution is -0.138. The molecule has 82 valence electrons. The molecular formula is C10H11Cl2NO2. The Morgan fingerprint density at radius 1 is 1.33 bits per heavy atom. The molecule has 5 heteroatoms. The standard InChI is InChI=1S/C10H11Cl2NO2/c1-6(10(14)15)13(2)9-4-7(11)3-8(12)5-9/h3-6H,1-2H3,(H,14,15). The lowest BCUT2D eigenvalue weighted by atomic mass is 10.2. The first kappa shape index (κ1) is 12.1. The van der Waals surface area contributed by atoms with Crippen LogP contribution in [-0.2, 0) is 4.79 Å². The minimum atomic E-state index is -0.895. The second-order valence-electron chi connectivity index (χ2n) is 3.25. The van der Waals surface area contributed by atoms with Crippen LogP contribution in [0, 0.1) is 0 Å². The van der Waals surface area contributed by atoms with Crippen molar-refractivity contribution < 1.29 is 9.90 Å². The van der Waals surface area contributed by atoms with E-state index in [2.05, 4.69) is 0 Å². The van der Waals surface area contributed by atoms with Gasteiger partial charge < -0.3 is 10.0 Å². The number of nitrogens with zero attached hydrogens (tertiary/aromatic N) is 1. The Kier molecular flexibility index (Phi) is 3.83. The van der Waals surface area contributed by atoms with Crippen molar-refractivity contribution in [1.29, 1.82) is 0 Å². The van der Waals surface area contributed by atoms with Gasteiger partial charge in [-0.25, -0.2) is 4.79 Å². The Morgan fingerprint density at radius 3 is 2.20 bits per heavy atom. The van der Waals surface area contributed by atoms with Gasteiger partial charge >= 0.3 is 5.97 Å². The normalized spacial score (nSPS) is 12.3. The van der Waals surface area contributed by atoms with Crippen LogP contribution in [0.3, 0.4) is 0 Å². The smallest absolute Gasteiger partial charge is 0.326 e. The third-order valence-corrected chi connectivity index (χ3v) is 2.63. The Morgan fingerprint density at radius 2 is 1.80 bits per heavy atom. The third-order valence-electron chi connectivity index (χ3n) is 2.19. The first-order chi connectivity index (χ1) is 6.91. The fourth-order valence-corrected chi connectivity index (χ4v) is 1.65. The number of halogens is 2. The summed E-state index contributed by atoms with van der Waals surface area (Å²) in [4.78, 5) is 12.4. The maximum Gasteiger partial charge on any atom is 0.326 e. The highest BCUT2D eigenvalue weighted by Crippen LogP contribution is 2.25. The number of carbonyl (C=O) groups is 1. The van der Waals surface area contributed by atoms with Gasteiger partial charge in [0, 0.05) is 22.8 Å². The largest absolute Gasteiger partial charge is 0.480 e. The molecule has 0 spiro atoms. The fraction of sp³-hybridized carbons (Fsp3) is 0.300. The van der Waals surface area contributed by atoms with Crippen LogP contribution >= 0.6 is 23.2 Å². The predicted molar refractivity (Wildman–Crippen MR) is 62.0 cm³/mol. The van der Waals surface area contributed by atoms with Gasteiger partial charge in [0.05, 0.1) is 0 Å². The van der Waals surface area contributed by atoms with Crippen molar-refractivity contribution in [2.45, 2.75) is 13.0 Å². The van der Waals surface area contributed by atoms with Crippen LogP contribution in [0.15, 0.2) is 18.2 Å². The summed E-state index contributed by atoms with van der Waals surface area (Å²) in [5.74, 6) is -0.895. The van der Waals surface area contributed by atoms with E-state index in [1.54, 1.807) is 37.1 Å². The lowest BCUT2D eigenvalue weighted by Crippen LogP contribution is -2.35. The molecule has 0 fully saturated rings. The molecule has 0 bridgehead atoms. The van der Waals surface area contributed by atoms with E-state index in [-0.39, 0.29) is 0 Å². The topological polar surface area (TPSA) is 40.5 Å². The Hall–Kier alpha value is -0.930. The average molecular weight is 248 g/mol. The van der Waals surface area contributed by atoms with E-state index in [1.165, 1.54) is 0 Å². The summed E-state index contributed by atoms with van der Waals surface area (Å²) in [6.07, 6.45) is 0. The Balaban J connectivity index is 3.00. The summed E-state index contributed by atoms with van der Waals surface area (Å²) >= 11 is 11.6. The molecule has 1 unspecified atom stereocenters. The van der Waals surface area contributed by atoms with Crippen LogP contribution in [-0.4, -0.2) is 24.2 Å². The maximum atomic E-state index is 10.8. The highest BCUT2D eigenvalue weighted by Gasteiger charge is 2.17. The Labute approximate surface area is 98.2 Å². The second-order valence-corrected chi connectivity index (χ2v) is 4.13. The molecule has 0 saturated carbocycles. The van der Waals surface area contributed by atoms with Crippen LogP contribution in [0.5, 0.6) is 0 Å². The summed E-state index contributed by atoms with van der Waals surface area (Å²) in [7, 11) is 1.68. The number of hydrogen-bond donors (Lipinski definition) is 1. The van der Waals surface area contributed by atoms with Gasteiger partial charge in [0.15, 0.2) is 0 Å². The number of hydrogen-bond acceptors (Lipinski definition) is 2. The number of likely N-dealkylation sites (N-methyl/N-ethyl adjacent to an activating group) is 1. The summed E-state index contributed by atoms with van der Waals surface area (Å²) in [6.45, 7) is 1.59. The van der Waals surface area contributed by atoms with Crippen LogP contribution in [0.2, 0.25) is 10.0 Å². The van der Waals surface area contributed by atoms with Gasteiger partial charge in [-0.15, -0.1) is 0 Å². The molecule has 1 aromatic carbocycles. The summed E-state index contributed by atoms with van der Waals surface area (Å²) in [5, 5.41) is 9.82. The Bertz CT molecular complexity index is 361. The second kappa shape index (κ2) is 4.73. The van der Waals surface area contributed by atoms with Gasteiger partial charge in [0.25, 0.3) is 0 Å². The average Bonchev–Trinajstić information content (AvgIpc) is 2.13. The van der Waals surface area contributed by atoms with Crippen LogP contribution < -0.4 is 4.90 Å². The fourth-order valence-electron chi connectivity index (χ4n) is 1.13. The van der Waals surface area contributed by atoms with E-state index < -0.39 is 12.0 Å². The molecule has 0 aliphatic carbocycles. The molecule has 0 heterocycles. The van der Waals surface area contributed by atoms with Crippen molar-refractivity contribution in [2.75, 3.05) is 11.9 Å². The number of carboxylic acid groups (broad SMARTS) is 1. The molecule has 0 saturated heterocycles. The van der Waals surface area contributed by atoms with Crippen molar-refractivity contribution in [2.24, 2.45) is 0 Å².